The van der Waals surface area contributed by atoms with Crippen molar-refractivity contribution < 1.29 is 0 Å². The van der Waals surface area contributed by atoms with Crippen LogP contribution in [0.5, 0.6) is 0 Å². The molecule has 0 aromatic rings. The Kier molecular flexibility index (Phi) is 2.28. The zero-order chi connectivity index (χ0) is 6.53. The van der Waals surface area contributed by atoms with E-state index in [2.05, 4.69) is 12.2 Å². The molecule has 0 saturated carbocycles. The average Bonchev–Trinajstić information content (AvgIpc) is 2.13. The van der Waals surface area contributed by atoms with E-state index < -0.39 is 0 Å². The number of rotatable bonds is 1. The molecule has 0 spiro atoms. The van der Waals surface area contributed by atoms with Gasteiger partial charge in [-0.15, -0.1) is 0 Å². The first-order chi connectivity index (χ1) is 4.43. The molecule has 9 heavy (non-hydrogen) atoms. The maximum absolute atomic E-state index is 5.44. The van der Waals surface area contributed by atoms with Gasteiger partial charge in [-0.2, -0.15) is 0 Å². The normalized spacial score (nSPS) is 18.3. The maximum atomic E-state index is 5.44. The van der Waals surface area contributed by atoms with Gasteiger partial charge in [0.1, 0.15) is 0 Å². The molecule has 2 N–H and O–H groups in total. The summed E-state index contributed by atoms with van der Waals surface area (Å²) >= 11 is 0. The molecule has 1 rings (SSSR count). The van der Waals surface area contributed by atoms with Gasteiger partial charge in [-0.1, -0.05) is 36.5 Å². The minimum absolute atomic E-state index is 0.431. The number of hydrogen-bond acceptors (Lipinski definition) is 1. The second-order valence-electron chi connectivity index (χ2n) is 2.05. The van der Waals surface area contributed by atoms with E-state index in [0.717, 1.165) is 0 Å². The predicted molar refractivity (Wildman–Crippen MR) is 40.0 cm³/mol. The minimum Gasteiger partial charge on any atom is -0.330 e. The molecule has 0 saturated heterocycles. The third kappa shape index (κ3) is 1.86. The summed E-state index contributed by atoms with van der Waals surface area (Å²) in [7, 11) is 0. The molecule has 1 aliphatic rings. The summed E-state index contributed by atoms with van der Waals surface area (Å²) in [5, 5.41) is 0. The van der Waals surface area contributed by atoms with E-state index in [0.29, 0.717) is 12.5 Å². The number of hydrogen-bond donors (Lipinski definition) is 1. The molecule has 0 fully saturated rings. The van der Waals surface area contributed by atoms with Crippen LogP contribution >= 0.6 is 0 Å². The number of nitrogens with two attached hydrogens (primary N) is 1. The fourth-order valence-electron chi connectivity index (χ4n) is 0.763. The van der Waals surface area contributed by atoms with Crippen molar-refractivity contribution in [3.8, 4) is 0 Å². The zero-order valence-electron chi connectivity index (χ0n) is 5.33. The minimum atomic E-state index is 0.431. The monoisotopic (exact) mass is 121 g/mol. The van der Waals surface area contributed by atoms with E-state index in [1.165, 1.54) is 0 Å². The highest BCUT2D eigenvalue weighted by Crippen LogP contribution is 2.02. The zero-order valence-corrected chi connectivity index (χ0v) is 5.33. The summed E-state index contributed by atoms with van der Waals surface area (Å²) in [6.07, 6.45) is 12.3. The van der Waals surface area contributed by atoms with E-state index in [9.17, 15) is 0 Å². The molecule has 1 heteroatoms. The molecule has 0 unspecified atom stereocenters. The molecular formula is C8H11N. The Morgan fingerprint density at radius 1 is 1.00 bits per heavy atom. The summed E-state index contributed by atoms with van der Waals surface area (Å²) in [5.41, 5.74) is 5.44. The van der Waals surface area contributed by atoms with E-state index in [1.54, 1.807) is 0 Å². The predicted octanol–water partition coefficient (Wildman–Crippen LogP) is 1.24. The third-order valence-electron chi connectivity index (χ3n) is 1.32. The van der Waals surface area contributed by atoms with Crippen LogP contribution in [0.3, 0.4) is 0 Å². The Morgan fingerprint density at radius 3 is 2.00 bits per heavy atom. The van der Waals surface area contributed by atoms with Gasteiger partial charge in [0.25, 0.3) is 0 Å². The van der Waals surface area contributed by atoms with Gasteiger partial charge in [-0.25, -0.2) is 0 Å². The Bertz CT molecular complexity index is 138. The van der Waals surface area contributed by atoms with E-state index in [1.807, 2.05) is 24.3 Å². The molecule has 1 nitrogen and oxygen atoms in total. The van der Waals surface area contributed by atoms with Crippen LogP contribution in [0.4, 0.5) is 0 Å². The topological polar surface area (TPSA) is 26.0 Å². The summed E-state index contributed by atoms with van der Waals surface area (Å²) in [5.74, 6) is 0.431. The van der Waals surface area contributed by atoms with E-state index in [4.69, 9.17) is 5.73 Å². The molecule has 0 aromatic carbocycles. The van der Waals surface area contributed by atoms with Gasteiger partial charge in [0.2, 0.25) is 0 Å². The summed E-state index contributed by atoms with van der Waals surface area (Å²) < 4.78 is 0. The SMILES string of the molecule is NCC1C=CC=CC=C1. The van der Waals surface area contributed by atoms with E-state index in [-0.39, 0.29) is 0 Å². The highest BCUT2D eigenvalue weighted by Gasteiger charge is 1.94. The van der Waals surface area contributed by atoms with Crippen LogP contribution in [-0.4, -0.2) is 6.54 Å². The first-order valence-electron chi connectivity index (χ1n) is 3.15. The molecular weight excluding hydrogens is 110 g/mol. The molecule has 0 atom stereocenters. The lowest BCUT2D eigenvalue weighted by Crippen LogP contribution is -2.08. The van der Waals surface area contributed by atoms with Gasteiger partial charge < -0.3 is 5.73 Å². The van der Waals surface area contributed by atoms with E-state index >= 15 is 0 Å². The quantitative estimate of drug-likeness (QED) is 0.555. The molecule has 1 aliphatic carbocycles. The van der Waals surface area contributed by atoms with Crippen molar-refractivity contribution in [1.82, 2.24) is 0 Å². The van der Waals surface area contributed by atoms with Crippen LogP contribution in [0.25, 0.3) is 0 Å². The highest BCUT2D eigenvalue weighted by atomic mass is 14.5. The molecule has 0 bridgehead atoms. The smallest absolute Gasteiger partial charge is 0.00757 e. The fourth-order valence-corrected chi connectivity index (χ4v) is 0.763. The van der Waals surface area contributed by atoms with Crippen molar-refractivity contribution in [2.75, 3.05) is 6.54 Å². The molecule has 48 valence electrons. The van der Waals surface area contributed by atoms with Crippen LogP contribution < -0.4 is 5.73 Å². The lowest BCUT2D eigenvalue weighted by molar-refractivity contribution is 0.821. The first kappa shape index (κ1) is 6.30. The van der Waals surface area contributed by atoms with Gasteiger partial charge in [-0.3, -0.25) is 0 Å². The van der Waals surface area contributed by atoms with Gasteiger partial charge >= 0.3 is 0 Å². The summed E-state index contributed by atoms with van der Waals surface area (Å²) in [4.78, 5) is 0. The average molecular weight is 121 g/mol. The Morgan fingerprint density at radius 2 is 1.56 bits per heavy atom. The van der Waals surface area contributed by atoms with Crippen molar-refractivity contribution in [2.24, 2.45) is 11.7 Å². The fraction of sp³-hybridized carbons (Fsp3) is 0.250. The third-order valence-corrected chi connectivity index (χ3v) is 1.32. The molecule has 0 aromatic heterocycles. The Balaban J connectivity index is 2.58. The van der Waals surface area contributed by atoms with Crippen molar-refractivity contribution in [3.63, 3.8) is 0 Å². The summed E-state index contributed by atoms with van der Waals surface area (Å²) in [6.45, 7) is 0.703. The maximum Gasteiger partial charge on any atom is 0.00757 e. The molecule has 0 amide bonds. The van der Waals surface area contributed by atoms with Crippen LogP contribution in [0.2, 0.25) is 0 Å². The van der Waals surface area contributed by atoms with Gasteiger partial charge in [-0.05, 0) is 0 Å². The summed E-state index contributed by atoms with van der Waals surface area (Å²) in [6, 6.07) is 0. The van der Waals surface area contributed by atoms with Gasteiger partial charge in [0.05, 0.1) is 0 Å². The second-order valence-corrected chi connectivity index (χ2v) is 2.05. The van der Waals surface area contributed by atoms with Crippen LogP contribution in [0.15, 0.2) is 36.5 Å². The van der Waals surface area contributed by atoms with Crippen LogP contribution in [-0.2, 0) is 0 Å². The van der Waals surface area contributed by atoms with Crippen molar-refractivity contribution in [3.05, 3.63) is 36.5 Å². The van der Waals surface area contributed by atoms with Gasteiger partial charge in [0.15, 0.2) is 0 Å². The Hall–Kier alpha value is -0.820. The highest BCUT2D eigenvalue weighted by molar-refractivity contribution is 5.19. The van der Waals surface area contributed by atoms with Crippen LogP contribution in [0, 0.1) is 5.92 Å². The molecule has 0 aliphatic heterocycles. The second kappa shape index (κ2) is 3.25. The first-order valence-corrected chi connectivity index (χ1v) is 3.15. The largest absolute Gasteiger partial charge is 0.330 e. The standard InChI is InChI=1S/C8H11N/c9-7-8-5-3-1-2-4-6-8/h1-6,8H,7,9H2. The lowest BCUT2D eigenvalue weighted by atomic mass is 10.1. The number of allylic oxidation sites excluding steroid dienone is 4. The molecule has 0 heterocycles. The molecule has 0 radical (unpaired) electrons. The Labute approximate surface area is 55.6 Å². The lowest BCUT2D eigenvalue weighted by Gasteiger charge is -1.98. The van der Waals surface area contributed by atoms with Crippen molar-refractivity contribution in [2.45, 2.75) is 0 Å². The van der Waals surface area contributed by atoms with Crippen LogP contribution in [0.1, 0.15) is 0 Å². The van der Waals surface area contributed by atoms with Crippen molar-refractivity contribution >= 4 is 0 Å². The van der Waals surface area contributed by atoms with Crippen molar-refractivity contribution in [1.29, 1.82) is 0 Å². The van der Waals surface area contributed by atoms with Gasteiger partial charge in [0, 0.05) is 12.5 Å².